The molecule has 0 aliphatic rings. The summed E-state index contributed by atoms with van der Waals surface area (Å²) in [4.78, 5) is 0. The Balaban J connectivity index is 2.86. The van der Waals surface area contributed by atoms with Crippen molar-refractivity contribution in [3.05, 3.63) is 34.9 Å². The molecule has 1 aromatic carbocycles. The van der Waals surface area contributed by atoms with E-state index in [1.165, 1.54) is 11.1 Å². The van der Waals surface area contributed by atoms with E-state index in [-0.39, 0.29) is 6.61 Å². The van der Waals surface area contributed by atoms with Gasteiger partial charge in [0.05, 0.1) is 6.61 Å². The number of hydrogen-bond acceptors (Lipinski definition) is 0. The van der Waals surface area contributed by atoms with Crippen molar-refractivity contribution in [3.63, 3.8) is 0 Å². The molecule has 1 rings (SSSR count). The summed E-state index contributed by atoms with van der Waals surface area (Å²) >= 11 is 0. The van der Waals surface area contributed by atoms with Gasteiger partial charge < -0.3 is 0 Å². The number of benzene rings is 1. The van der Waals surface area contributed by atoms with Gasteiger partial charge in [0.1, 0.15) is 0 Å². The summed E-state index contributed by atoms with van der Waals surface area (Å²) in [5, 5.41) is 10.3. The molecule has 0 amide bonds. The minimum absolute atomic E-state index is 0.0114. The Morgan fingerprint density at radius 2 is 1.91 bits per heavy atom. The van der Waals surface area contributed by atoms with Gasteiger partial charge in [0.25, 0.3) is 0 Å². The first kappa shape index (κ1) is 8.28. The van der Waals surface area contributed by atoms with Gasteiger partial charge in [-0.1, -0.05) is 18.2 Å². The molecule has 11 heavy (non-hydrogen) atoms. The third-order valence-electron chi connectivity index (χ3n) is 1.96. The van der Waals surface area contributed by atoms with Crippen molar-refractivity contribution in [1.29, 1.82) is 0 Å². The fraction of sp³-hybridized carbons (Fsp3) is 0.400. The minimum Gasteiger partial charge on any atom is -0.236 e. The quantitative estimate of drug-likeness (QED) is 0.614. The highest BCUT2D eigenvalue weighted by molar-refractivity contribution is 5.29. The highest BCUT2D eigenvalue weighted by Crippen LogP contribution is 2.09. The molecular formula is C10H13O. The predicted octanol–water partition coefficient (Wildman–Crippen LogP) is 2.28. The standard InChI is InChI=1S/C10H13O/c1-8-3-4-10(5-6-11)7-9(8)2/h3-4,7H,5-6H2,1-2H3. The smallest absolute Gasteiger partial charge is 0.0862 e. The molecule has 1 nitrogen and oxygen atoms in total. The summed E-state index contributed by atoms with van der Waals surface area (Å²) in [5.41, 5.74) is 3.72. The van der Waals surface area contributed by atoms with E-state index < -0.39 is 0 Å². The van der Waals surface area contributed by atoms with Gasteiger partial charge in [0, 0.05) is 0 Å². The van der Waals surface area contributed by atoms with Crippen molar-refractivity contribution in [2.45, 2.75) is 20.3 Å². The van der Waals surface area contributed by atoms with E-state index >= 15 is 0 Å². The van der Waals surface area contributed by atoms with Gasteiger partial charge in [0.15, 0.2) is 0 Å². The maximum absolute atomic E-state index is 10.3. The zero-order valence-corrected chi connectivity index (χ0v) is 7.05. The average molecular weight is 149 g/mol. The third kappa shape index (κ3) is 2.05. The first-order valence-electron chi connectivity index (χ1n) is 3.88. The van der Waals surface area contributed by atoms with Crippen LogP contribution in [-0.4, -0.2) is 6.61 Å². The van der Waals surface area contributed by atoms with E-state index in [2.05, 4.69) is 26.0 Å². The lowest BCUT2D eigenvalue weighted by Gasteiger charge is -2.02. The highest BCUT2D eigenvalue weighted by atomic mass is 16.2. The number of aryl methyl sites for hydroxylation is 2. The average Bonchev–Trinajstić information content (AvgIpc) is 1.98. The summed E-state index contributed by atoms with van der Waals surface area (Å²) in [6, 6.07) is 6.19. The van der Waals surface area contributed by atoms with Crippen molar-refractivity contribution in [1.82, 2.24) is 0 Å². The second-order valence-corrected chi connectivity index (χ2v) is 2.87. The molecular weight excluding hydrogens is 136 g/mol. The molecule has 0 saturated carbocycles. The topological polar surface area (TPSA) is 19.9 Å². The first-order valence-corrected chi connectivity index (χ1v) is 3.88. The van der Waals surface area contributed by atoms with Crippen LogP contribution >= 0.6 is 0 Å². The Labute approximate surface area is 67.7 Å². The molecule has 0 heterocycles. The predicted molar refractivity (Wildman–Crippen MR) is 45.2 cm³/mol. The van der Waals surface area contributed by atoms with Gasteiger partial charge in [-0.25, -0.2) is 5.11 Å². The molecule has 0 spiro atoms. The van der Waals surface area contributed by atoms with Crippen molar-refractivity contribution < 1.29 is 5.11 Å². The van der Waals surface area contributed by atoms with Crippen LogP contribution < -0.4 is 0 Å². The second-order valence-electron chi connectivity index (χ2n) is 2.87. The molecule has 0 aliphatic heterocycles. The third-order valence-corrected chi connectivity index (χ3v) is 1.96. The van der Waals surface area contributed by atoms with E-state index in [0.717, 1.165) is 5.56 Å². The Bertz CT molecular complexity index is 241. The summed E-state index contributed by atoms with van der Waals surface area (Å²) in [6.07, 6.45) is 0.654. The molecule has 59 valence electrons. The molecule has 0 N–H and O–H groups in total. The van der Waals surface area contributed by atoms with E-state index in [1.54, 1.807) is 0 Å². The number of rotatable bonds is 2. The second kappa shape index (κ2) is 3.54. The summed E-state index contributed by atoms with van der Waals surface area (Å²) in [5.74, 6) is 0. The van der Waals surface area contributed by atoms with Crippen LogP contribution in [0, 0.1) is 13.8 Å². The van der Waals surface area contributed by atoms with Crippen LogP contribution in [0.4, 0.5) is 0 Å². The largest absolute Gasteiger partial charge is 0.236 e. The Hall–Kier alpha value is -0.820. The highest BCUT2D eigenvalue weighted by Gasteiger charge is 1.94. The van der Waals surface area contributed by atoms with E-state index in [4.69, 9.17) is 0 Å². The van der Waals surface area contributed by atoms with Crippen LogP contribution in [0.5, 0.6) is 0 Å². The van der Waals surface area contributed by atoms with Gasteiger partial charge in [-0.2, -0.15) is 0 Å². The van der Waals surface area contributed by atoms with Crippen LogP contribution in [0.25, 0.3) is 0 Å². The van der Waals surface area contributed by atoms with Gasteiger partial charge in [0.2, 0.25) is 0 Å². The molecule has 0 saturated heterocycles. The normalized spacial score (nSPS) is 10.1. The van der Waals surface area contributed by atoms with Crippen molar-refractivity contribution in [2.75, 3.05) is 6.61 Å². The van der Waals surface area contributed by atoms with Crippen molar-refractivity contribution in [2.24, 2.45) is 0 Å². The lowest BCUT2D eigenvalue weighted by molar-refractivity contribution is 0.197. The zero-order valence-electron chi connectivity index (χ0n) is 7.05. The molecule has 1 aromatic rings. The van der Waals surface area contributed by atoms with Gasteiger partial charge in [-0.05, 0) is 37.0 Å². The molecule has 0 aliphatic carbocycles. The van der Waals surface area contributed by atoms with Crippen molar-refractivity contribution >= 4 is 0 Å². The number of hydrogen-bond donors (Lipinski definition) is 0. The van der Waals surface area contributed by atoms with Crippen LogP contribution in [0.2, 0.25) is 0 Å². The van der Waals surface area contributed by atoms with Crippen LogP contribution in [0.1, 0.15) is 16.7 Å². The molecule has 1 radical (unpaired) electrons. The molecule has 0 fully saturated rings. The van der Waals surface area contributed by atoms with Gasteiger partial charge in [-0.3, -0.25) is 0 Å². The molecule has 0 aromatic heterocycles. The first-order chi connectivity index (χ1) is 5.24. The zero-order chi connectivity index (χ0) is 8.27. The van der Waals surface area contributed by atoms with Crippen LogP contribution in [0.3, 0.4) is 0 Å². The minimum atomic E-state index is -0.0114. The SMILES string of the molecule is Cc1ccc(CC[O])cc1C. The summed E-state index contributed by atoms with van der Waals surface area (Å²) in [7, 11) is 0. The molecule has 0 atom stereocenters. The van der Waals surface area contributed by atoms with Gasteiger partial charge >= 0.3 is 0 Å². The monoisotopic (exact) mass is 149 g/mol. The van der Waals surface area contributed by atoms with E-state index in [0.29, 0.717) is 6.42 Å². The van der Waals surface area contributed by atoms with Crippen LogP contribution in [0.15, 0.2) is 18.2 Å². The molecule has 1 heteroatoms. The van der Waals surface area contributed by atoms with Crippen LogP contribution in [-0.2, 0) is 11.5 Å². The van der Waals surface area contributed by atoms with E-state index in [9.17, 15) is 5.11 Å². The molecule has 0 unspecified atom stereocenters. The van der Waals surface area contributed by atoms with Crippen molar-refractivity contribution in [3.8, 4) is 0 Å². The lowest BCUT2D eigenvalue weighted by atomic mass is 10.0. The summed E-state index contributed by atoms with van der Waals surface area (Å²) < 4.78 is 0. The maximum Gasteiger partial charge on any atom is 0.0862 e. The maximum atomic E-state index is 10.3. The Kier molecular flexibility index (Phi) is 2.66. The lowest BCUT2D eigenvalue weighted by Crippen LogP contribution is -1.90. The van der Waals surface area contributed by atoms with Gasteiger partial charge in [-0.15, -0.1) is 0 Å². The molecule has 0 bridgehead atoms. The Morgan fingerprint density at radius 1 is 1.18 bits per heavy atom. The summed E-state index contributed by atoms with van der Waals surface area (Å²) in [6.45, 7) is 4.14. The fourth-order valence-electron chi connectivity index (χ4n) is 1.08. The fourth-order valence-corrected chi connectivity index (χ4v) is 1.08. The van der Waals surface area contributed by atoms with E-state index in [1.807, 2.05) is 6.07 Å². The Morgan fingerprint density at radius 3 is 2.45 bits per heavy atom.